The van der Waals surface area contributed by atoms with E-state index in [0.29, 0.717) is 34.3 Å². The number of hydrogen-bond donors (Lipinski definition) is 2. The van der Waals surface area contributed by atoms with Crippen molar-refractivity contribution < 1.29 is 4.74 Å². The highest BCUT2D eigenvalue weighted by molar-refractivity contribution is 6.36. The molecule has 0 saturated heterocycles. The van der Waals surface area contributed by atoms with Gasteiger partial charge in [0.05, 0.1) is 11.6 Å². The van der Waals surface area contributed by atoms with Crippen LogP contribution in [0.3, 0.4) is 0 Å². The summed E-state index contributed by atoms with van der Waals surface area (Å²) >= 11 is 12.0. The number of rotatable bonds is 4. The number of nitrogens with one attached hydrogen (secondary N) is 1. The van der Waals surface area contributed by atoms with Crippen molar-refractivity contribution in [1.29, 1.82) is 0 Å². The number of halogens is 2. The third kappa shape index (κ3) is 4.13. The van der Waals surface area contributed by atoms with E-state index >= 15 is 0 Å². The number of nitrogen functional groups attached to an aromatic ring is 1. The SMILES string of the molecule is NNc1nc(OCC2CCCCCC2)c(Cl)cc1Cl. The van der Waals surface area contributed by atoms with Gasteiger partial charge >= 0.3 is 0 Å². The van der Waals surface area contributed by atoms with Crippen molar-refractivity contribution in [2.45, 2.75) is 38.5 Å². The van der Waals surface area contributed by atoms with E-state index in [1.807, 2.05) is 0 Å². The summed E-state index contributed by atoms with van der Waals surface area (Å²) in [6.07, 6.45) is 7.66. The summed E-state index contributed by atoms with van der Waals surface area (Å²) in [6, 6.07) is 1.59. The number of hydrazine groups is 1. The molecule has 0 aromatic carbocycles. The van der Waals surface area contributed by atoms with E-state index < -0.39 is 0 Å². The number of anilines is 1. The van der Waals surface area contributed by atoms with Crippen LogP contribution in [0.25, 0.3) is 0 Å². The molecule has 0 radical (unpaired) electrons. The second-order valence-corrected chi connectivity index (χ2v) is 5.73. The van der Waals surface area contributed by atoms with Crippen LogP contribution in [0.2, 0.25) is 10.0 Å². The van der Waals surface area contributed by atoms with E-state index in [9.17, 15) is 0 Å². The third-order valence-electron chi connectivity index (χ3n) is 3.46. The van der Waals surface area contributed by atoms with Crippen LogP contribution < -0.4 is 16.0 Å². The van der Waals surface area contributed by atoms with Crippen LogP contribution in [-0.2, 0) is 0 Å². The topological polar surface area (TPSA) is 60.2 Å². The molecule has 1 aromatic rings. The van der Waals surface area contributed by atoms with Gasteiger partial charge < -0.3 is 10.2 Å². The number of aromatic nitrogens is 1. The Morgan fingerprint density at radius 1 is 1.21 bits per heavy atom. The number of pyridine rings is 1. The van der Waals surface area contributed by atoms with Gasteiger partial charge in [-0.3, -0.25) is 0 Å². The van der Waals surface area contributed by atoms with Gasteiger partial charge in [0.2, 0.25) is 5.88 Å². The fourth-order valence-corrected chi connectivity index (χ4v) is 2.85. The fraction of sp³-hybridized carbons (Fsp3) is 0.615. The predicted octanol–water partition coefficient (Wildman–Crippen LogP) is 4.02. The molecule has 0 unspecified atom stereocenters. The maximum atomic E-state index is 6.07. The van der Waals surface area contributed by atoms with Gasteiger partial charge in [0.15, 0.2) is 5.82 Å². The lowest BCUT2D eigenvalue weighted by Gasteiger charge is -2.16. The maximum Gasteiger partial charge on any atom is 0.234 e. The predicted molar refractivity (Wildman–Crippen MR) is 78.8 cm³/mol. The van der Waals surface area contributed by atoms with Gasteiger partial charge in [-0.15, -0.1) is 0 Å². The summed E-state index contributed by atoms with van der Waals surface area (Å²) in [4.78, 5) is 4.18. The van der Waals surface area contributed by atoms with Crippen molar-refractivity contribution in [1.82, 2.24) is 4.98 Å². The Labute approximate surface area is 123 Å². The van der Waals surface area contributed by atoms with E-state index in [4.69, 9.17) is 33.8 Å². The van der Waals surface area contributed by atoms with Crippen LogP contribution in [0.5, 0.6) is 5.88 Å². The lowest BCUT2D eigenvalue weighted by molar-refractivity contribution is 0.226. The number of hydrogen-bond acceptors (Lipinski definition) is 4. The summed E-state index contributed by atoms with van der Waals surface area (Å²) < 4.78 is 5.73. The van der Waals surface area contributed by atoms with Crippen molar-refractivity contribution in [2.75, 3.05) is 12.0 Å². The van der Waals surface area contributed by atoms with Crippen molar-refractivity contribution in [2.24, 2.45) is 11.8 Å². The Morgan fingerprint density at radius 3 is 2.53 bits per heavy atom. The molecular weight excluding hydrogens is 285 g/mol. The Bertz CT molecular complexity index is 421. The van der Waals surface area contributed by atoms with E-state index in [2.05, 4.69) is 10.4 Å². The minimum atomic E-state index is 0.377. The summed E-state index contributed by atoms with van der Waals surface area (Å²) in [5, 5.41) is 0.798. The van der Waals surface area contributed by atoms with Gasteiger partial charge in [0.1, 0.15) is 5.02 Å². The lowest BCUT2D eigenvalue weighted by atomic mass is 10.0. The largest absolute Gasteiger partial charge is 0.476 e. The molecule has 0 atom stereocenters. The summed E-state index contributed by atoms with van der Waals surface area (Å²) in [5.74, 6) is 6.69. The quantitative estimate of drug-likeness (QED) is 0.501. The van der Waals surface area contributed by atoms with Gasteiger partial charge in [-0.1, -0.05) is 48.9 Å². The molecule has 2 rings (SSSR count). The molecule has 0 amide bonds. The van der Waals surface area contributed by atoms with E-state index in [1.54, 1.807) is 6.07 Å². The third-order valence-corrected chi connectivity index (χ3v) is 4.02. The standard InChI is InChI=1S/C13H19Cl2N3O/c14-10-7-11(15)13(17-12(10)18-16)19-8-9-5-3-1-2-4-6-9/h7,9H,1-6,8,16H2,(H,17,18). The Balaban J connectivity index is 1.98. The van der Waals surface area contributed by atoms with Crippen LogP contribution in [0.4, 0.5) is 5.82 Å². The highest BCUT2D eigenvalue weighted by Gasteiger charge is 2.15. The molecule has 1 aliphatic rings. The zero-order chi connectivity index (χ0) is 13.7. The van der Waals surface area contributed by atoms with E-state index in [-0.39, 0.29) is 0 Å². The van der Waals surface area contributed by atoms with Crippen molar-refractivity contribution in [3.8, 4) is 5.88 Å². The van der Waals surface area contributed by atoms with Crippen LogP contribution in [0.1, 0.15) is 38.5 Å². The summed E-state index contributed by atoms with van der Waals surface area (Å²) in [5.41, 5.74) is 2.43. The van der Waals surface area contributed by atoms with Gasteiger partial charge in [0.25, 0.3) is 0 Å². The average molecular weight is 304 g/mol. The summed E-state index contributed by atoms with van der Waals surface area (Å²) in [6.45, 7) is 0.651. The highest BCUT2D eigenvalue weighted by Crippen LogP contribution is 2.31. The van der Waals surface area contributed by atoms with Crippen LogP contribution in [0.15, 0.2) is 6.07 Å². The Hall–Kier alpha value is -0.710. The minimum absolute atomic E-state index is 0.377. The first-order valence-electron chi connectivity index (χ1n) is 6.66. The second kappa shape index (κ2) is 7.17. The normalized spacial score (nSPS) is 17.0. The molecule has 4 nitrogen and oxygen atoms in total. The molecule has 1 aliphatic carbocycles. The molecule has 1 heterocycles. The minimum Gasteiger partial charge on any atom is -0.476 e. The Morgan fingerprint density at radius 2 is 1.89 bits per heavy atom. The van der Waals surface area contributed by atoms with Crippen molar-refractivity contribution >= 4 is 29.0 Å². The zero-order valence-corrected chi connectivity index (χ0v) is 12.3. The van der Waals surface area contributed by atoms with Gasteiger partial charge in [-0.25, -0.2) is 5.84 Å². The maximum absolute atomic E-state index is 6.07. The monoisotopic (exact) mass is 303 g/mol. The van der Waals surface area contributed by atoms with Gasteiger partial charge in [0, 0.05) is 0 Å². The van der Waals surface area contributed by atoms with Gasteiger partial charge in [-0.05, 0) is 24.8 Å². The first-order valence-corrected chi connectivity index (χ1v) is 7.41. The molecule has 0 bridgehead atoms. The van der Waals surface area contributed by atoms with Crippen LogP contribution in [0, 0.1) is 5.92 Å². The van der Waals surface area contributed by atoms with E-state index in [0.717, 1.165) is 0 Å². The fourth-order valence-electron chi connectivity index (χ4n) is 2.38. The smallest absolute Gasteiger partial charge is 0.234 e. The molecule has 1 saturated carbocycles. The summed E-state index contributed by atoms with van der Waals surface area (Å²) in [7, 11) is 0. The molecule has 1 aromatic heterocycles. The van der Waals surface area contributed by atoms with Crippen LogP contribution >= 0.6 is 23.2 Å². The second-order valence-electron chi connectivity index (χ2n) is 4.92. The lowest BCUT2D eigenvalue weighted by Crippen LogP contribution is -2.14. The number of nitrogens with zero attached hydrogens (tertiary/aromatic N) is 1. The average Bonchev–Trinajstić information content (AvgIpc) is 2.66. The first-order chi connectivity index (χ1) is 9.20. The first kappa shape index (κ1) is 14.7. The molecule has 1 fully saturated rings. The van der Waals surface area contributed by atoms with Crippen molar-refractivity contribution in [3.05, 3.63) is 16.1 Å². The zero-order valence-electron chi connectivity index (χ0n) is 10.8. The molecule has 6 heteroatoms. The molecule has 106 valence electrons. The molecule has 0 aliphatic heterocycles. The van der Waals surface area contributed by atoms with Crippen LogP contribution in [-0.4, -0.2) is 11.6 Å². The van der Waals surface area contributed by atoms with Gasteiger partial charge in [-0.2, -0.15) is 4.98 Å². The number of nitrogens with two attached hydrogens (primary N) is 1. The number of ether oxygens (including phenoxy) is 1. The van der Waals surface area contributed by atoms with E-state index in [1.165, 1.54) is 38.5 Å². The molecule has 19 heavy (non-hydrogen) atoms. The molecule has 3 N–H and O–H groups in total. The molecular formula is C13H19Cl2N3O. The Kier molecular flexibility index (Phi) is 5.55. The molecule has 0 spiro atoms. The van der Waals surface area contributed by atoms with Crippen molar-refractivity contribution in [3.63, 3.8) is 0 Å². The highest BCUT2D eigenvalue weighted by atomic mass is 35.5.